The number of hydrogen-bond acceptors (Lipinski definition) is 3. The van der Waals surface area contributed by atoms with Gasteiger partial charge in [-0.25, -0.2) is 0 Å². The Morgan fingerprint density at radius 3 is 2.35 bits per heavy atom. The van der Waals surface area contributed by atoms with Crippen LogP contribution in [0.15, 0.2) is 30.3 Å². The molecule has 0 aliphatic carbocycles. The molecule has 2 rings (SSSR count). The van der Waals surface area contributed by atoms with E-state index in [1.807, 2.05) is 0 Å². The van der Waals surface area contributed by atoms with Gasteiger partial charge in [-0.15, -0.1) is 0 Å². The summed E-state index contributed by atoms with van der Waals surface area (Å²) in [4.78, 5) is 10.5. The normalized spacial score (nSPS) is 16.1. The summed E-state index contributed by atoms with van der Waals surface area (Å²) in [5.41, 5.74) is -1.39. The average molecular weight is 317 g/mol. The van der Waals surface area contributed by atoms with Crippen LogP contribution in [0, 0.1) is 23.8 Å². The number of nitro groups is 1. The Kier molecular flexibility index (Phi) is 2.42. The van der Waals surface area contributed by atoms with Crippen LogP contribution in [-0.4, -0.2) is 4.92 Å². The molecule has 0 aliphatic rings. The van der Waals surface area contributed by atoms with Crippen LogP contribution in [0.25, 0.3) is 0 Å². The molecule has 0 aromatic heterocycles. The molecule has 0 aliphatic heterocycles. The summed E-state index contributed by atoms with van der Waals surface area (Å²) in [6.07, 6.45) is 0. The van der Waals surface area contributed by atoms with E-state index in [2.05, 4.69) is 5.32 Å². The zero-order chi connectivity index (χ0) is 19.9. The maximum Gasteiger partial charge on any atom is 0.292 e. The Morgan fingerprint density at radius 1 is 1.20 bits per heavy atom. The van der Waals surface area contributed by atoms with E-state index < -0.39 is 29.8 Å². The molecule has 20 heavy (non-hydrogen) atoms. The molecule has 0 fully saturated rings. The van der Waals surface area contributed by atoms with E-state index in [1.54, 1.807) is 0 Å². The molecular weight excluding hydrogens is 299 g/mol. The Labute approximate surface area is 134 Å². The second kappa shape index (κ2) is 5.69. The van der Waals surface area contributed by atoms with Gasteiger partial charge in [0.25, 0.3) is 5.69 Å². The van der Waals surface area contributed by atoms with Crippen LogP contribution >= 0.6 is 23.2 Å². The number of aryl methyl sites for hydroxylation is 2. The molecule has 2 aromatic rings. The van der Waals surface area contributed by atoms with Gasteiger partial charge in [-0.05, 0) is 30.9 Å². The van der Waals surface area contributed by atoms with Crippen LogP contribution < -0.4 is 5.32 Å². The zero-order valence-corrected chi connectivity index (χ0v) is 11.4. The minimum Gasteiger partial charge on any atom is -0.347 e. The first-order chi connectivity index (χ1) is 11.8. The van der Waals surface area contributed by atoms with Crippen LogP contribution in [0.1, 0.15) is 19.4 Å². The smallest absolute Gasteiger partial charge is 0.292 e. The van der Waals surface area contributed by atoms with Crippen molar-refractivity contribution in [2.75, 3.05) is 5.32 Å². The van der Waals surface area contributed by atoms with Gasteiger partial charge in [0.05, 0.1) is 20.7 Å². The molecule has 0 saturated heterocycles. The number of para-hydroxylation sites is 2. The molecule has 4 nitrogen and oxygen atoms in total. The van der Waals surface area contributed by atoms with Crippen LogP contribution in [-0.2, 0) is 0 Å². The van der Waals surface area contributed by atoms with Crippen LogP contribution in [0.5, 0.6) is 0 Å². The van der Waals surface area contributed by atoms with Crippen molar-refractivity contribution in [2.45, 2.75) is 13.7 Å². The third-order valence-corrected chi connectivity index (χ3v) is 3.35. The van der Waals surface area contributed by atoms with Gasteiger partial charge in [0.2, 0.25) is 0 Å². The first kappa shape index (κ1) is 8.49. The van der Waals surface area contributed by atoms with E-state index in [0.29, 0.717) is 0 Å². The van der Waals surface area contributed by atoms with E-state index in [9.17, 15) is 10.1 Å². The number of halogens is 2. The van der Waals surface area contributed by atoms with Crippen molar-refractivity contribution in [2.24, 2.45) is 0 Å². The minimum atomic E-state index is -2.71. The summed E-state index contributed by atoms with van der Waals surface area (Å²) in [5, 5.41) is 13.1. The van der Waals surface area contributed by atoms with Crippen molar-refractivity contribution in [1.82, 2.24) is 0 Å². The number of benzene rings is 2. The molecule has 0 bridgehead atoms. The highest BCUT2D eigenvalue weighted by molar-refractivity contribution is 6.40. The topological polar surface area (TPSA) is 55.2 Å². The molecule has 6 heteroatoms. The van der Waals surface area contributed by atoms with Crippen LogP contribution in [0.4, 0.5) is 17.1 Å². The number of hydrogen-bond donors (Lipinski definition) is 1. The maximum atomic E-state index is 11.2. The first-order valence-corrected chi connectivity index (χ1v) is 6.13. The summed E-state index contributed by atoms with van der Waals surface area (Å²) >= 11 is 12.3. The van der Waals surface area contributed by atoms with E-state index >= 15 is 0 Å². The van der Waals surface area contributed by atoms with E-state index in [0.717, 1.165) is 6.07 Å². The Bertz CT molecular complexity index is 829. The fourth-order valence-electron chi connectivity index (χ4n) is 1.62. The number of nitro benzene ring substituents is 1. The van der Waals surface area contributed by atoms with Crippen molar-refractivity contribution < 1.29 is 13.1 Å². The lowest BCUT2D eigenvalue weighted by Gasteiger charge is -2.14. The molecule has 0 atom stereocenters. The van der Waals surface area contributed by atoms with E-state index in [1.165, 1.54) is 24.3 Å². The van der Waals surface area contributed by atoms with Crippen molar-refractivity contribution in [3.8, 4) is 0 Å². The molecule has 0 spiro atoms. The van der Waals surface area contributed by atoms with Crippen molar-refractivity contribution in [3.63, 3.8) is 0 Å². The summed E-state index contributed by atoms with van der Waals surface area (Å²) in [5.74, 6) is 0. The van der Waals surface area contributed by atoms with Gasteiger partial charge in [-0.2, -0.15) is 0 Å². The molecule has 2 aromatic carbocycles. The Morgan fingerprint density at radius 2 is 1.80 bits per heavy atom. The molecule has 0 saturated carbocycles. The van der Waals surface area contributed by atoms with Gasteiger partial charge < -0.3 is 5.32 Å². The minimum absolute atomic E-state index is 0.0134. The molecule has 0 heterocycles. The van der Waals surface area contributed by atoms with Gasteiger partial charge in [0, 0.05) is 14.3 Å². The zero-order valence-electron chi connectivity index (χ0n) is 15.9. The lowest BCUT2D eigenvalue weighted by molar-refractivity contribution is -0.383. The quantitative estimate of drug-likeness (QED) is 0.620. The third kappa shape index (κ3) is 2.71. The second-order valence-corrected chi connectivity index (χ2v) is 4.63. The lowest BCUT2D eigenvalue weighted by atomic mass is 10.1. The summed E-state index contributed by atoms with van der Waals surface area (Å²) in [6.45, 7) is -5.42. The third-order valence-electron chi connectivity index (χ3n) is 2.56. The fraction of sp³-hybridized carbons (Fsp3) is 0.143. The first-order valence-electron chi connectivity index (χ1n) is 8.37. The van der Waals surface area contributed by atoms with Gasteiger partial charge in [0.15, 0.2) is 0 Å². The summed E-state index contributed by atoms with van der Waals surface area (Å²) < 4.78 is 45.4. The van der Waals surface area contributed by atoms with E-state index in [-0.39, 0.29) is 27.1 Å². The highest BCUT2D eigenvalue weighted by atomic mass is 35.5. The second-order valence-electron chi connectivity index (χ2n) is 3.87. The van der Waals surface area contributed by atoms with Gasteiger partial charge in [0.1, 0.15) is 5.69 Å². The molecular formula is C14H12Cl2N2O2. The summed E-state index contributed by atoms with van der Waals surface area (Å²) in [6, 6.07) is 6.45. The van der Waals surface area contributed by atoms with Crippen molar-refractivity contribution in [3.05, 3.63) is 61.6 Å². The standard InChI is InChI=1S/C14H12Cl2N2O2/c1-8-7-9(2)13(16)14(12(8)15)17-10-5-3-4-6-11(10)18(19)20/h3-7,17H,1-2H3/i1D3,2D3. The average Bonchev–Trinajstić information content (AvgIpc) is 2.49. The molecule has 0 amide bonds. The Balaban J connectivity index is 2.74. The summed E-state index contributed by atoms with van der Waals surface area (Å²) in [7, 11) is 0. The van der Waals surface area contributed by atoms with Gasteiger partial charge in [-0.1, -0.05) is 41.4 Å². The van der Waals surface area contributed by atoms with Crippen molar-refractivity contribution >= 4 is 40.3 Å². The fourth-order valence-corrected chi connectivity index (χ4v) is 2.06. The molecule has 104 valence electrons. The van der Waals surface area contributed by atoms with Crippen LogP contribution in [0.3, 0.4) is 0 Å². The highest BCUT2D eigenvalue weighted by Crippen LogP contribution is 2.39. The monoisotopic (exact) mass is 316 g/mol. The number of anilines is 2. The molecule has 1 N–H and O–H groups in total. The van der Waals surface area contributed by atoms with E-state index in [4.69, 9.17) is 31.4 Å². The predicted molar refractivity (Wildman–Crippen MR) is 82.3 cm³/mol. The lowest BCUT2D eigenvalue weighted by Crippen LogP contribution is -1.99. The Hall–Kier alpha value is -1.78. The number of nitrogens with zero attached hydrogens (tertiary/aromatic N) is 1. The van der Waals surface area contributed by atoms with Gasteiger partial charge >= 0.3 is 0 Å². The maximum absolute atomic E-state index is 11.2. The largest absolute Gasteiger partial charge is 0.347 e. The molecule has 0 unspecified atom stereocenters. The van der Waals surface area contributed by atoms with Crippen molar-refractivity contribution in [1.29, 1.82) is 0 Å². The van der Waals surface area contributed by atoms with Crippen LogP contribution in [0.2, 0.25) is 10.0 Å². The predicted octanol–water partition coefficient (Wildman–Crippen LogP) is 5.26. The highest BCUT2D eigenvalue weighted by Gasteiger charge is 2.17. The number of nitrogens with one attached hydrogen (secondary N) is 1. The molecule has 0 radical (unpaired) electrons. The van der Waals surface area contributed by atoms with Gasteiger partial charge in [-0.3, -0.25) is 10.1 Å². The number of rotatable bonds is 3. The SMILES string of the molecule is [2H]C([2H])([2H])c1cc(C([2H])([2H])[2H])c(Cl)c(Nc2ccccc2[N+](=O)[O-])c1Cl.